The predicted octanol–water partition coefficient (Wildman–Crippen LogP) is 3.65. The van der Waals surface area contributed by atoms with Crippen LogP contribution < -0.4 is 10.6 Å². The zero-order chi connectivity index (χ0) is 13.3. The molecule has 0 atom stereocenters. The minimum Gasteiger partial charge on any atom is -0.397 e. The van der Waals surface area contributed by atoms with Crippen molar-refractivity contribution >= 4 is 34.0 Å². The number of halogens is 4. The highest BCUT2D eigenvalue weighted by molar-refractivity contribution is 14.1. The molecule has 1 saturated heterocycles. The van der Waals surface area contributed by atoms with Gasteiger partial charge < -0.3 is 10.6 Å². The van der Waals surface area contributed by atoms with Gasteiger partial charge in [-0.15, -0.1) is 0 Å². The van der Waals surface area contributed by atoms with Crippen molar-refractivity contribution in [2.75, 3.05) is 23.7 Å². The van der Waals surface area contributed by atoms with Gasteiger partial charge in [0, 0.05) is 16.7 Å². The summed E-state index contributed by atoms with van der Waals surface area (Å²) in [4.78, 5) is 1.94. The van der Waals surface area contributed by atoms with Crippen molar-refractivity contribution in [3.8, 4) is 0 Å². The van der Waals surface area contributed by atoms with Crippen LogP contribution in [0.4, 0.5) is 24.5 Å². The molecule has 0 bridgehead atoms. The van der Waals surface area contributed by atoms with Gasteiger partial charge in [-0.25, -0.2) is 0 Å². The molecule has 1 aromatic rings. The van der Waals surface area contributed by atoms with Crippen LogP contribution in [-0.4, -0.2) is 19.3 Å². The quantitative estimate of drug-likeness (QED) is 0.604. The Hall–Kier alpha value is -0.660. The van der Waals surface area contributed by atoms with E-state index >= 15 is 0 Å². The van der Waals surface area contributed by atoms with E-state index in [0.29, 0.717) is 18.8 Å². The van der Waals surface area contributed by atoms with E-state index in [1.165, 1.54) is 0 Å². The van der Waals surface area contributed by atoms with Crippen molar-refractivity contribution in [3.05, 3.63) is 21.8 Å². The number of piperidine rings is 1. The Morgan fingerprint density at radius 2 is 1.83 bits per heavy atom. The molecular weight excluding hydrogens is 356 g/mol. The molecule has 0 spiro atoms. The summed E-state index contributed by atoms with van der Waals surface area (Å²) in [7, 11) is 0. The van der Waals surface area contributed by atoms with Crippen molar-refractivity contribution < 1.29 is 13.2 Å². The minimum atomic E-state index is -4.07. The fourth-order valence-corrected chi connectivity index (χ4v) is 2.78. The number of rotatable bonds is 1. The standard InChI is InChI=1S/C12H14F3IN2/c13-12(14,15)8-3-5-18(6-4-8)11-2-1-9(16)7-10(11)17/h1-2,7-8H,3-6,17H2. The van der Waals surface area contributed by atoms with E-state index in [1.54, 1.807) is 0 Å². The maximum absolute atomic E-state index is 12.6. The zero-order valence-corrected chi connectivity index (χ0v) is 11.8. The fraction of sp³-hybridized carbons (Fsp3) is 0.500. The van der Waals surface area contributed by atoms with E-state index in [9.17, 15) is 13.2 Å². The number of nitrogens with two attached hydrogens (primary N) is 1. The summed E-state index contributed by atoms with van der Waals surface area (Å²) < 4.78 is 38.7. The smallest absolute Gasteiger partial charge is 0.391 e. The molecule has 0 aromatic heterocycles. The number of hydrogen-bond acceptors (Lipinski definition) is 2. The van der Waals surface area contributed by atoms with Crippen molar-refractivity contribution in [3.63, 3.8) is 0 Å². The lowest BCUT2D eigenvalue weighted by Gasteiger charge is -2.35. The first-order chi connectivity index (χ1) is 8.38. The highest BCUT2D eigenvalue weighted by Crippen LogP contribution is 2.36. The number of benzene rings is 1. The molecule has 2 N–H and O–H groups in total. The SMILES string of the molecule is Nc1cc(I)ccc1N1CCC(C(F)(F)F)CC1. The molecule has 2 nitrogen and oxygen atoms in total. The number of nitrogens with zero attached hydrogens (tertiary/aromatic N) is 1. The molecule has 100 valence electrons. The summed E-state index contributed by atoms with van der Waals surface area (Å²) in [5, 5.41) is 0. The summed E-state index contributed by atoms with van der Waals surface area (Å²) in [5.74, 6) is -1.17. The molecule has 18 heavy (non-hydrogen) atoms. The summed E-state index contributed by atoms with van der Waals surface area (Å²) in [6.45, 7) is 0.823. The first kappa shape index (κ1) is 13.8. The van der Waals surface area contributed by atoms with E-state index in [-0.39, 0.29) is 12.8 Å². The summed E-state index contributed by atoms with van der Waals surface area (Å²) in [6, 6.07) is 5.64. The molecule has 6 heteroatoms. The maximum atomic E-state index is 12.6. The highest BCUT2D eigenvalue weighted by atomic mass is 127. The summed E-state index contributed by atoms with van der Waals surface area (Å²) in [5.41, 5.74) is 7.38. The van der Waals surface area contributed by atoms with Crippen LogP contribution in [0.3, 0.4) is 0 Å². The van der Waals surface area contributed by atoms with Gasteiger partial charge in [-0.3, -0.25) is 0 Å². The Kier molecular flexibility index (Phi) is 3.93. The zero-order valence-electron chi connectivity index (χ0n) is 9.67. The molecule has 0 unspecified atom stereocenters. The molecule has 0 aliphatic carbocycles. The van der Waals surface area contributed by atoms with Gasteiger partial charge in [0.1, 0.15) is 0 Å². The third-order valence-corrected chi connectivity index (χ3v) is 3.96. The van der Waals surface area contributed by atoms with E-state index in [1.807, 2.05) is 23.1 Å². The van der Waals surface area contributed by atoms with E-state index in [2.05, 4.69) is 22.6 Å². The van der Waals surface area contributed by atoms with Gasteiger partial charge in [-0.1, -0.05) is 0 Å². The van der Waals surface area contributed by atoms with Gasteiger partial charge in [-0.2, -0.15) is 13.2 Å². The Morgan fingerprint density at radius 1 is 1.22 bits per heavy atom. The topological polar surface area (TPSA) is 29.3 Å². The van der Waals surface area contributed by atoms with Gasteiger partial charge in [0.2, 0.25) is 0 Å². The number of nitrogen functional groups attached to an aromatic ring is 1. The molecule has 1 aliphatic rings. The van der Waals surface area contributed by atoms with E-state index < -0.39 is 12.1 Å². The summed E-state index contributed by atoms with van der Waals surface area (Å²) in [6.07, 6.45) is -3.77. The van der Waals surface area contributed by atoms with Crippen molar-refractivity contribution in [1.29, 1.82) is 0 Å². The molecule has 1 fully saturated rings. The largest absolute Gasteiger partial charge is 0.397 e. The molecule has 0 amide bonds. The average molecular weight is 370 g/mol. The lowest BCUT2D eigenvalue weighted by molar-refractivity contribution is -0.179. The third kappa shape index (κ3) is 3.02. The minimum absolute atomic E-state index is 0.148. The maximum Gasteiger partial charge on any atom is 0.391 e. The number of alkyl halides is 3. The molecule has 1 heterocycles. The lowest BCUT2D eigenvalue weighted by atomic mass is 9.96. The van der Waals surface area contributed by atoms with Gasteiger partial charge >= 0.3 is 6.18 Å². The Bertz CT molecular complexity index is 426. The van der Waals surface area contributed by atoms with Gasteiger partial charge in [0.05, 0.1) is 17.3 Å². The first-order valence-corrected chi connectivity index (χ1v) is 6.82. The summed E-state index contributed by atoms with van der Waals surface area (Å²) >= 11 is 2.16. The normalized spacial score (nSPS) is 18.1. The van der Waals surface area contributed by atoms with Crippen LogP contribution in [-0.2, 0) is 0 Å². The Balaban J connectivity index is 2.06. The third-order valence-electron chi connectivity index (χ3n) is 3.29. The highest BCUT2D eigenvalue weighted by Gasteiger charge is 2.41. The van der Waals surface area contributed by atoms with Crippen LogP contribution in [0.25, 0.3) is 0 Å². The van der Waals surface area contributed by atoms with Crippen LogP contribution in [0.15, 0.2) is 18.2 Å². The average Bonchev–Trinajstić information content (AvgIpc) is 2.28. The first-order valence-electron chi connectivity index (χ1n) is 5.74. The second-order valence-corrected chi connectivity index (χ2v) is 5.75. The monoisotopic (exact) mass is 370 g/mol. The molecular formula is C12H14F3IN2. The van der Waals surface area contributed by atoms with Gasteiger partial charge in [0.25, 0.3) is 0 Å². The Labute approximate surface area is 117 Å². The molecule has 1 aliphatic heterocycles. The second-order valence-electron chi connectivity index (χ2n) is 4.51. The van der Waals surface area contributed by atoms with Crippen LogP contribution >= 0.6 is 22.6 Å². The van der Waals surface area contributed by atoms with Gasteiger partial charge in [-0.05, 0) is 53.6 Å². The molecule has 2 rings (SSSR count). The second kappa shape index (κ2) is 5.14. The number of hydrogen-bond donors (Lipinski definition) is 1. The number of anilines is 2. The predicted molar refractivity (Wildman–Crippen MR) is 74.6 cm³/mol. The van der Waals surface area contributed by atoms with Crippen LogP contribution in [0, 0.1) is 9.49 Å². The van der Waals surface area contributed by atoms with E-state index in [0.717, 1.165) is 9.26 Å². The van der Waals surface area contributed by atoms with Crippen molar-refractivity contribution in [1.82, 2.24) is 0 Å². The lowest BCUT2D eigenvalue weighted by Crippen LogP contribution is -2.39. The van der Waals surface area contributed by atoms with E-state index in [4.69, 9.17) is 5.73 Å². The van der Waals surface area contributed by atoms with Crippen molar-refractivity contribution in [2.45, 2.75) is 19.0 Å². The fourth-order valence-electron chi connectivity index (χ4n) is 2.26. The molecule has 1 aromatic carbocycles. The van der Waals surface area contributed by atoms with Crippen LogP contribution in [0.5, 0.6) is 0 Å². The van der Waals surface area contributed by atoms with Crippen LogP contribution in [0.1, 0.15) is 12.8 Å². The van der Waals surface area contributed by atoms with Crippen LogP contribution in [0.2, 0.25) is 0 Å². The molecule has 0 saturated carbocycles. The molecule has 0 radical (unpaired) electrons. The van der Waals surface area contributed by atoms with Crippen molar-refractivity contribution in [2.24, 2.45) is 5.92 Å². The van der Waals surface area contributed by atoms with Gasteiger partial charge in [0.15, 0.2) is 0 Å². The Morgan fingerprint density at radius 3 is 2.33 bits per heavy atom.